The van der Waals surface area contributed by atoms with Crippen LogP contribution in [0.4, 0.5) is 0 Å². The SMILES string of the molecule is CC(C)c1ccc(OCc2ccccc2)cc1Cl. The number of benzene rings is 2. The van der Waals surface area contributed by atoms with E-state index in [-0.39, 0.29) is 0 Å². The fraction of sp³-hybridized carbons (Fsp3) is 0.250. The van der Waals surface area contributed by atoms with E-state index in [4.69, 9.17) is 16.3 Å². The number of hydrogen-bond donors (Lipinski definition) is 0. The van der Waals surface area contributed by atoms with Crippen molar-refractivity contribution in [2.75, 3.05) is 0 Å². The van der Waals surface area contributed by atoms with Crippen molar-refractivity contribution in [3.8, 4) is 5.75 Å². The second-order valence-corrected chi connectivity index (χ2v) is 5.02. The minimum Gasteiger partial charge on any atom is -0.489 e. The van der Waals surface area contributed by atoms with E-state index < -0.39 is 0 Å². The molecule has 2 heteroatoms. The van der Waals surface area contributed by atoms with Gasteiger partial charge < -0.3 is 4.74 Å². The van der Waals surface area contributed by atoms with Crippen molar-refractivity contribution in [2.45, 2.75) is 26.4 Å². The summed E-state index contributed by atoms with van der Waals surface area (Å²) in [6.45, 7) is 4.83. The molecule has 0 heterocycles. The van der Waals surface area contributed by atoms with Gasteiger partial charge >= 0.3 is 0 Å². The summed E-state index contributed by atoms with van der Waals surface area (Å²) in [7, 11) is 0. The topological polar surface area (TPSA) is 9.23 Å². The van der Waals surface area contributed by atoms with Crippen LogP contribution in [0.5, 0.6) is 5.75 Å². The molecule has 2 aromatic carbocycles. The lowest BCUT2D eigenvalue weighted by Gasteiger charge is -2.11. The zero-order valence-electron chi connectivity index (χ0n) is 10.7. The Morgan fingerprint density at radius 2 is 1.78 bits per heavy atom. The van der Waals surface area contributed by atoms with Gasteiger partial charge in [-0.15, -0.1) is 0 Å². The number of ether oxygens (including phenoxy) is 1. The number of hydrogen-bond acceptors (Lipinski definition) is 1. The second kappa shape index (κ2) is 5.92. The molecule has 0 bridgehead atoms. The highest BCUT2D eigenvalue weighted by Gasteiger charge is 2.06. The molecule has 0 amide bonds. The summed E-state index contributed by atoms with van der Waals surface area (Å²) in [5.41, 5.74) is 2.31. The van der Waals surface area contributed by atoms with Gasteiger partial charge in [-0.05, 0) is 29.2 Å². The first-order chi connectivity index (χ1) is 8.66. The van der Waals surface area contributed by atoms with Crippen molar-refractivity contribution in [3.63, 3.8) is 0 Å². The zero-order valence-corrected chi connectivity index (χ0v) is 11.4. The Balaban J connectivity index is 2.05. The minimum atomic E-state index is 0.431. The molecule has 1 nitrogen and oxygen atoms in total. The van der Waals surface area contributed by atoms with E-state index in [0.717, 1.165) is 21.9 Å². The summed E-state index contributed by atoms with van der Waals surface area (Å²) < 4.78 is 5.72. The first kappa shape index (κ1) is 13.0. The largest absolute Gasteiger partial charge is 0.489 e. The summed E-state index contributed by atoms with van der Waals surface area (Å²) in [6.07, 6.45) is 0. The van der Waals surface area contributed by atoms with Crippen LogP contribution in [0.1, 0.15) is 30.9 Å². The Kier molecular flexibility index (Phi) is 4.27. The lowest BCUT2D eigenvalue weighted by atomic mass is 10.0. The van der Waals surface area contributed by atoms with E-state index in [9.17, 15) is 0 Å². The monoisotopic (exact) mass is 260 g/mol. The molecule has 0 saturated carbocycles. The van der Waals surface area contributed by atoms with E-state index in [2.05, 4.69) is 13.8 Å². The molecule has 2 rings (SSSR count). The predicted octanol–water partition coefficient (Wildman–Crippen LogP) is 5.04. The Morgan fingerprint density at radius 1 is 1.06 bits per heavy atom. The third-order valence-corrected chi connectivity index (χ3v) is 3.17. The average molecular weight is 261 g/mol. The molecule has 0 aliphatic heterocycles. The van der Waals surface area contributed by atoms with Gasteiger partial charge in [-0.25, -0.2) is 0 Å². The molecule has 0 aromatic heterocycles. The highest BCUT2D eigenvalue weighted by atomic mass is 35.5. The zero-order chi connectivity index (χ0) is 13.0. The molecular formula is C16H17ClO. The van der Waals surface area contributed by atoms with Crippen molar-refractivity contribution in [3.05, 3.63) is 64.7 Å². The van der Waals surface area contributed by atoms with Crippen LogP contribution in [0.2, 0.25) is 5.02 Å². The highest BCUT2D eigenvalue weighted by Crippen LogP contribution is 2.28. The maximum absolute atomic E-state index is 6.23. The minimum absolute atomic E-state index is 0.431. The Morgan fingerprint density at radius 3 is 2.39 bits per heavy atom. The van der Waals surface area contributed by atoms with Gasteiger partial charge in [0.05, 0.1) is 0 Å². The van der Waals surface area contributed by atoms with Gasteiger partial charge in [-0.1, -0.05) is 61.8 Å². The molecular weight excluding hydrogens is 244 g/mol. The van der Waals surface area contributed by atoms with Crippen LogP contribution >= 0.6 is 11.6 Å². The van der Waals surface area contributed by atoms with Crippen molar-refractivity contribution in [1.29, 1.82) is 0 Å². The van der Waals surface area contributed by atoms with Crippen LogP contribution < -0.4 is 4.74 Å². The quantitative estimate of drug-likeness (QED) is 0.748. The van der Waals surface area contributed by atoms with Gasteiger partial charge in [0.2, 0.25) is 0 Å². The Labute approximate surface area is 113 Å². The summed E-state index contributed by atoms with van der Waals surface area (Å²) in [5, 5.41) is 0.774. The van der Waals surface area contributed by atoms with E-state index >= 15 is 0 Å². The molecule has 0 spiro atoms. The van der Waals surface area contributed by atoms with E-state index in [1.54, 1.807) is 0 Å². The predicted molar refractivity (Wildman–Crippen MR) is 76.3 cm³/mol. The summed E-state index contributed by atoms with van der Waals surface area (Å²) in [5.74, 6) is 1.24. The third-order valence-electron chi connectivity index (χ3n) is 2.84. The van der Waals surface area contributed by atoms with Crippen LogP contribution in [0.15, 0.2) is 48.5 Å². The second-order valence-electron chi connectivity index (χ2n) is 4.61. The Hall–Kier alpha value is -1.47. The van der Waals surface area contributed by atoms with Crippen molar-refractivity contribution >= 4 is 11.6 Å². The summed E-state index contributed by atoms with van der Waals surface area (Å²) in [4.78, 5) is 0. The standard InChI is InChI=1S/C16H17ClO/c1-12(2)15-9-8-14(10-16(15)17)18-11-13-6-4-3-5-7-13/h3-10,12H,11H2,1-2H3. The summed E-state index contributed by atoms with van der Waals surface area (Å²) in [6, 6.07) is 16.0. The lowest BCUT2D eigenvalue weighted by Crippen LogP contribution is -1.96. The van der Waals surface area contributed by atoms with Gasteiger partial charge in [0.1, 0.15) is 12.4 Å². The fourth-order valence-corrected chi connectivity index (χ4v) is 2.20. The van der Waals surface area contributed by atoms with Crippen LogP contribution in [0, 0.1) is 0 Å². The van der Waals surface area contributed by atoms with Gasteiger partial charge in [0.15, 0.2) is 0 Å². The van der Waals surface area contributed by atoms with Crippen molar-refractivity contribution in [2.24, 2.45) is 0 Å². The fourth-order valence-electron chi connectivity index (χ4n) is 1.81. The first-order valence-electron chi connectivity index (χ1n) is 6.13. The molecule has 0 N–H and O–H groups in total. The van der Waals surface area contributed by atoms with Gasteiger partial charge in [-0.2, -0.15) is 0 Å². The Bertz CT molecular complexity index is 506. The molecule has 0 unspecified atom stereocenters. The average Bonchev–Trinajstić information content (AvgIpc) is 2.37. The molecule has 0 radical (unpaired) electrons. The molecule has 0 atom stereocenters. The van der Waals surface area contributed by atoms with Gasteiger partial charge in [-0.3, -0.25) is 0 Å². The molecule has 2 aromatic rings. The van der Waals surface area contributed by atoms with Crippen LogP contribution in [0.25, 0.3) is 0 Å². The first-order valence-corrected chi connectivity index (χ1v) is 6.51. The highest BCUT2D eigenvalue weighted by molar-refractivity contribution is 6.31. The molecule has 0 aliphatic carbocycles. The van der Waals surface area contributed by atoms with E-state index in [1.807, 2.05) is 48.5 Å². The van der Waals surface area contributed by atoms with E-state index in [0.29, 0.717) is 12.5 Å². The molecule has 0 fully saturated rings. The van der Waals surface area contributed by atoms with Gasteiger partial charge in [0, 0.05) is 5.02 Å². The van der Waals surface area contributed by atoms with Crippen LogP contribution in [-0.2, 0) is 6.61 Å². The maximum Gasteiger partial charge on any atom is 0.121 e. The molecule has 18 heavy (non-hydrogen) atoms. The number of rotatable bonds is 4. The van der Waals surface area contributed by atoms with Crippen LogP contribution in [-0.4, -0.2) is 0 Å². The molecule has 0 aliphatic rings. The van der Waals surface area contributed by atoms with Crippen LogP contribution in [0.3, 0.4) is 0 Å². The summed E-state index contributed by atoms with van der Waals surface area (Å²) >= 11 is 6.23. The number of halogens is 1. The lowest BCUT2D eigenvalue weighted by molar-refractivity contribution is 0.306. The molecule has 94 valence electrons. The van der Waals surface area contributed by atoms with Crippen molar-refractivity contribution in [1.82, 2.24) is 0 Å². The smallest absolute Gasteiger partial charge is 0.121 e. The van der Waals surface area contributed by atoms with Gasteiger partial charge in [0.25, 0.3) is 0 Å². The van der Waals surface area contributed by atoms with E-state index in [1.165, 1.54) is 0 Å². The molecule has 0 saturated heterocycles. The maximum atomic E-state index is 6.23. The normalized spacial score (nSPS) is 10.7. The van der Waals surface area contributed by atoms with Crippen molar-refractivity contribution < 1.29 is 4.74 Å². The third kappa shape index (κ3) is 3.27.